The molecule has 3 aromatic carbocycles. The van der Waals surface area contributed by atoms with E-state index in [0.29, 0.717) is 0 Å². The van der Waals surface area contributed by atoms with E-state index in [0.717, 1.165) is 27.1 Å². The van der Waals surface area contributed by atoms with Gasteiger partial charge in [-0.25, -0.2) is 0 Å². The smallest absolute Gasteiger partial charge is 0.0998 e. The molecule has 0 saturated carbocycles. The number of thioether (sulfide) groups is 1. The van der Waals surface area contributed by atoms with Crippen LogP contribution in [-0.4, -0.2) is 0 Å². The van der Waals surface area contributed by atoms with E-state index in [1.165, 1.54) is 10.5 Å². The van der Waals surface area contributed by atoms with Crippen molar-refractivity contribution in [2.24, 2.45) is 0 Å². The van der Waals surface area contributed by atoms with Gasteiger partial charge in [0.25, 0.3) is 0 Å². The van der Waals surface area contributed by atoms with Gasteiger partial charge in [0.05, 0.1) is 11.6 Å². The lowest BCUT2D eigenvalue weighted by Crippen LogP contribution is -1.85. The normalized spacial score (nSPS) is 10.5. The Hall–Kier alpha value is -1.95. The molecule has 0 heterocycles. The fraction of sp³-hybridized carbons (Fsp3) is 0.0556. The summed E-state index contributed by atoms with van der Waals surface area (Å²) in [6.45, 7) is 0. The molecule has 0 saturated heterocycles. The fourth-order valence-corrected chi connectivity index (χ4v) is 3.37. The minimum Gasteiger partial charge on any atom is -0.192 e. The van der Waals surface area contributed by atoms with Crippen molar-refractivity contribution in [3.05, 3.63) is 76.8 Å². The largest absolute Gasteiger partial charge is 0.192 e. The summed E-state index contributed by atoms with van der Waals surface area (Å²) in [7, 11) is 0. The Morgan fingerprint density at radius 3 is 2.33 bits per heavy atom. The Bertz CT molecular complexity index is 819. The number of hydrogen-bond acceptors (Lipinski definition) is 2. The number of nitrogens with zero attached hydrogens (tertiary/aromatic N) is 1. The Balaban J connectivity index is 1.91. The number of benzene rings is 3. The summed E-state index contributed by atoms with van der Waals surface area (Å²) in [4.78, 5) is 1.19. The molecular weight excluding hydrogens is 298 g/mol. The number of rotatable bonds is 3. The van der Waals surface area contributed by atoms with E-state index >= 15 is 0 Å². The van der Waals surface area contributed by atoms with Gasteiger partial charge in [-0.05, 0) is 35.2 Å². The summed E-state index contributed by atoms with van der Waals surface area (Å²) in [5.41, 5.74) is 1.96. The van der Waals surface area contributed by atoms with Crippen LogP contribution in [0.3, 0.4) is 0 Å². The molecule has 0 radical (unpaired) electrons. The summed E-state index contributed by atoms with van der Waals surface area (Å²) in [5, 5.41) is 12.1. The zero-order valence-electron chi connectivity index (χ0n) is 11.2. The van der Waals surface area contributed by atoms with Gasteiger partial charge in [-0.2, -0.15) is 5.26 Å². The van der Waals surface area contributed by atoms with Crippen molar-refractivity contribution in [2.75, 3.05) is 0 Å². The van der Waals surface area contributed by atoms with Crippen LogP contribution in [-0.2, 0) is 5.75 Å². The third-order valence-corrected chi connectivity index (χ3v) is 4.71. The summed E-state index contributed by atoms with van der Waals surface area (Å²) in [6, 6.07) is 22.1. The van der Waals surface area contributed by atoms with Gasteiger partial charge in [-0.1, -0.05) is 48.0 Å². The zero-order chi connectivity index (χ0) is 14.7. The minimum atomic E-state index is 0.724. The lowest BCUT2D eigenvalue weighted by atomic mass is 10.1. The van der Waals surface area contributed by atoms with Crippen molar-refractivity contribution in [2.45, 2.75) is 10.6 Å². The standard InChI is InChI=1S/C18H12ClNS/c19-15-8-5-13(6-9-15)12-21-18-10-7-14(11-20)16-3-1-2-4-17(16)18/h1-10H,12H2. The van der Waals surface area contributed by atoms with Crippen LogP contribution in [0, 0.1) is 11.3 Å². The predicted molar refractivity (Wildman–Crippen MR) is 89.7 cm³/mol. The maximum Gasteiger partial charge on any atom is 0.0998 e. The molecule has 0 aliphatic heterocycles. The molecule has 0 aliphatic carbocycles. The molecule has 1 nitrogen and oxygen atoms in total. The molecule has 0 unspecified atom stereocenters. The highest BCUT2D eigenvalue weighted by atomic mass is 35.5. The molecule has 0 atom stereocenters. The summed E-state index contributed by atoms with van der Waals surface area (Å²) >= 11 is 7.68. The van der Waals surface area contributed by atoms with Gasteiger partial charge in [-0.15, -0.1) is 11.8 Å². The van der Waals surface area contributed by atoms with Crippen molar-refractivity contribution >= 4 is 34.1 Å². The number of nitriles is 1. The first-order valence-electron chi connectivity index (χ1n) is 6.57. The second-order valence-electron chi connectivity index (χ2n) is 4.68. The van der Waals surface area contributed by atoms with Crippen LogP contribution in [0.4, 0.5) is 0 Å². The lowest BCUT2D eigenvalue weighted by Gasteiger charge is -2.08. The molecule has 21 heavy (non-hydrogen) atoms. The van der Waals surface area contributed by atoms with E-state index in [1.807, 2.05) is 54.6 Å². The first-order chi connectivity index (χ1) is 10.3. The lowest BCUT2D eigenvalue weighted by molar-refractivity contribution is 1.40. The zero-order valence-corrected chi connectivity index (χ0v) is 12.8. The molecule has 0 bridgehead atoms. The van der Waals surface area contributed by atoms with Gasteiger partial charge in [0.15, 0.2) is 0 Å². The van der Waals surface area contributed by atoms with Gasteiger partial charge in [0.1, 0.15) is 0 Å². The Morgan fingerprint density at radius 2 is 1.62 bits per heavy atom. The summed E-state index contributed by atoms with van der Waals surface area (Å²) in [6.07, 6.45) is 0. The monoisotopic (exact) mass is 309 g/mol. The van der Waals surface area contributed by atoms with Crippen molar-refractivity contribution in [3.63, 3.8) is 0 Å². The van der Waals surface area contributed by atoms with E-state index in [2.05, 4.69) is 12.1 Å². The van der Waals surface area contributed by atoms with Crippen molar-refractivity contribution < 1.29 is 0 Å². The predicted octanol–water partition coefficient (Wildman–Crippen LogP) is 5.66. The number of halogens is 1. The van der Waals surface area contributed by atoms with Gasteiger partial charge in [0, 0.05) is 21.1 Å². The van der Waals surface area contributed by atoms with Crippen molar-refractivity contribution in [3.8, 4) is 6.07 Å². The van der Waals surface area contributed by atoms with Gasteiger partial charge < -0.3 is 0 Å². The van der Waals surface area contributed by atoms with E-state index in [1.54, 1.807) is 11.8 Å². The van der Waals surface area contributed by atoms with Crippen LogP contribution in [0.5, 0.6) is 0 Å². The van der Waals surface area contributed by atoms with Gasteiger partial charge in [0.2, 0.25) is 0 Å². The highest BCUT2D eigenvalue weighted by molar-refractivity contribution is 7.98. The van der Waals surface area contributed by atoms with Crippen LogP contribution in [0.25, 0.3) is 10.8 Å². The number of hydrogen-bond donors (Lipinski definition) is 0. The molecule has 0 aromatic heterocycles. The molecule has 0 aliphatic rings. The Morgan fingerprint density at radius 1 is 0.905 bits per heavy atom. The molecule has 3 aromatic rings. The molecule has 0 fully saturated rings. The molecule has 0 spiro atoms. The fourth-order valence-electron chi connectivity index (χ4n) is 2.24. The molecule has 0 amide bonds. The quantitative estimate of drug-likeness (QED) is 0.583. The second kappa shape index (κ2) is 6.22. The van der Waals surface area contributed by atoms with Crippen LogP contribution in [0.15, 0.2) is 65.6 Å². The average molecular weight is 310 g/mol. The Kier molecular flexibility index (Phi) is 4.15. The number of fused-ring (bicyclic) bond motifs is 1. The van der Waals surface area contributed by atoms with E-state index in [-0.39, 0.29) is 0 Å². The van der Waals surface area contributed by atoms with Crippen LogP contribution in [0.1, 0.15) is 11.1 Å². The summed E-state index contributed by atoms with van der Waals surface area (Å²) in [5.74, 6) is 0.882. The average Bonchev–Trinajstić information content (AvgIpc) is 2.54. The third-order valence-electron chi connectivity index (χ3n) is 3.31. The van der Waals surface area contributed by atoms with Crippen molar-refractivity contribution in [1.29, 1.82) is 5.26 Å². The first kappa shape index (κ1) is 14.0. The molecule has 3 heteroatoms. The van der Waals surface area contributed by atoms with Crippen molar-refractivity contribution in [1.82, 2.24) is 0 Å². The molecule has 102 valence electrons. The maximum absolute atomic E-state index is 9.19. The molecule has 3 rings (SSSR count). The van der Waals surface area contributed by atoms with E-state index < -0.39 is 0 Å². The van der Waals surface area contributed by atoms with E-state index in [9.17, 15) is 5.26 Å². The summed E-state index contributed by atoms with van der Waals surface area (Å²) < 4.78 is 0. The molecule has 0 N–H and O–H groups in total. The highest BCUT2D eigenvalue weighted by Crippen LogP contribution is 2.32. The second-order valence-corrected chi connectivity index (χ2v) is 6.14. The SMILES string of the molecule is N#Cc1ccc(SCc2ccc(Cl)cc2)c2ccccc12. The Labute approximate surface area is 133 Å². The van der Waals surface area contributed by atoms with Crippen LogP contribution in [0.2, 0.25) is 5.02 Å². The van der Waals surface area contributed by atoms with Crippen LogP contribution >= 0.6 is 23.4 Å². The van der Waals surface area contributed by atoms with E-state index in [4.69, 9.17) is 11.6 Å². The maximum atomic E-state index is 9.19. The highest BCUT2D eigenvalue weighted by Gasteiger charge is 2.06. The van der Waals surface area contributed by atoms with Crippen LogP contribution < -0.4 is 0 Å². The topological polar surface area (TPSA) is 23.8 Å². The van der Waals surface area contributed by atoms with Gasteiger partial charge >= 0.3 is 0 Å². The minimum absolute atomic E-state index is 0.724. The van der Waals surface area contributed by atoms with Gasteiger partial charge in [-0.3, -0.25) is 0 Å². The first-order valence-corrected chi connectivity index (χ1v) is 7.93. The third kappa shape index (κ3) is 3.05. The molecular formula is C18H12ClNS.